The highest BCUT2D eigenvalue weighted by atomic mass is 35.5. The zero-order chi connectivity index (χ0) is 0. The summed E-state index contributed by atoms with van der Waals surface area (Å²) in [6.07, 6.45) is 0. The predicted octanol–water partition coefficient (Wildman–Crippen LogP) is -6.36. The molecule has 0 heterocycles. The fourth-order valence-electron chi connectivity index (χ4n) is 0. The second-order valence-electron chi connectivity index (χ2n) is 0. The van der Waals surface area contributed by atoms with Crippen LogP contribution in [0.4, 0.5) is 0 Å². The lowest BCUT2D eigenvalue weighted by molar-refractivity contribution is 0.823. The minimum absolute atomic E-state index is 0. The number of rotatable bonds is 0. The highest BCUT2D eigenvalue weighted by Crippen LogP contribution is 0.690. The van der Waals surface area contributed by atoms with Crippen molar-refractivity contribution < 1.29 is 32.9 Å². The van der Waals surface area contributed by atoms with Crippen LogP contribution >= 0.6 is 12.4 Å². The highest BCUT2D eigenvalue weighted by Gasteiger charge is 0.317. The van der Waals surface area contributed by atoms with Crippen molar-refractivity contribution in [1.82, 2.24) is 0 Å². The molecule has 0 bridgehead atoms. The van der Waals surface area contributed by atoms with Gasteiger partial charge >= 0.3 is 46.1 Å². The molecule has 0 spiro atoms. The molecule has 0 atom stereocenters. The summed E-state index contributed by atoms with van der Waals surface area (Å²) >= 11 is 0. The van der Waals surface area contributed by atoms with E-state index in [0.29, 0.717) is 0 Å². The van der Waals surface area contributed by atoms with Gasteiger partial charge in [0.15, 0.2) is 0 Å². The molecule has 0 aliphatic heterocycles. The summed E-state index contributed by atoms with van der Waals surface area (Å²) in [5.41, 5.74) is 0. The minimum atomic E-state index is 0. The summed E-state index contributed by atoms with van der Waals surface area (Å²) in [4.78, 5) is 0. The SMILES string of the molecule is Cl.O.O.O.O.O.O.[MgH2].[MgH2]. The molecule has 0 aromatic rings. The van der Waals surface area contributed by atoms with Crippen LogP contribution in [0.3, 0.4) is 0 Å². The van der Waals surface area contributed by atoms with Gasteiger partial charge in [0.25, 0.3) is 0 Å². The van der Waals surface area contributed by atoms with Gasteiger partial charge < -0.3 is 32.9 Å². The topological polar surface area (TPSA) is 189 Å². The van der Waals surface area contributed by atoms with E-state index in [1.807, 2.05) is 0 Å². The molecule has 0 aliphatic rings. The molecule has 0 saturated heterocycles. The Bertz CT molecular complexity index is 11.0. The Balaban J connectivity index is 0. The van der Waals surface area contributed by atoms with Crippen molar-refractivity contribution in [2.45, 2.75) is 0 Å². The zero-order valence-corrected chi connectivity index (χ0v) is 4.22. The summed E-state index contributed by atoms with van der Waals surface area (Å²) in [6, 6.07) is 0. The standard InChI is InChI=1S/ClH.2Mg.6H2O.4H/h1H;;;6*1H2;;;;. The molecule has 0 radical (unpaired) electrons. The third kappa shape index (κ3) is 220. The second-order valence-corrected chi connectivity index (χ2v) is 0. The predicted molar refractivity (Wildman–Crippen MR) is 46.0 cm³/mol. The van der Waals surface area contributed by atoms with Crippen LogP contribution in [-0.4, -0.2) is 79.0 Å². The maximum atomic E-state index is 0. The molecule has 9 heteroatoms. The second kappa shape index (κ2) is 282. The summed E-state index contributed by atoms with van der Waals surface area (Å²) in [7, 11) is 0. The van der Waals surface area contributed by atoms with Crippen molar-refractivity contribution in [3.8, 4) is 0 Å². The van der Waals surface area contributed by atoms with Gasteiger partial charge in [0.1, 0.15) is 0 Å². The summed E-state index contributed by atoms with van der Waals surface area (Å²) in [5, 5.41) is 0. The van der Waals surface area contributed by atoms with Crippen LogP contribution in [0.25, 0.3) is 0 Å². The average Bonchev–Trinajstić information content (AvgIpc) is 0. The lowest BCUT2D eigenvalue weighted by Crippen LogP contribution is -0.382. The molecule has 0 rings (SSSR count). The molecule has 0 amide bonds. The van der Waals surface area contributed by atoms with Crippen LogP contribution in [0.1, 0.15) is 0 Å². The monoisotopic (exact) mass is 196 g/mol. The molecule has 64 valence electrons. The van der Waals surface area contributed by atoms with E-state index < -0.39 is 0 Å². The first-order chi connectivity index (χ1) is 0. The van der Waals surface area contributed by atoms with Gasteiger partial charge in [0, 0.05) is 0 Å². The largest absolute Gasteiger partial charge is 0.412 e. The first-order valence-electron chi connectivity index (χ1n) is 0. The van der Waals surface area contributed by atoms with Crippen LogP contribution < -0.4 is 0 Å². The zero-order valence-electron chi connectivity index (χ0n) is 3.41. The Morgan fingerprint density at radius 1 is 0.333 bits per heavy atom. The van der Waals surface area contributed by atoms with Gasteiger partial charge in [-0.25, -0.2) is 0 Å². The lowest BCUT2D eigenvalue weighted by atomic mass is 16.0. The van der Waals surface area contributed by atoms with E-state index in [9.17, 15) is 0 Å². The first-order valence-corrected chi connectivity index (χ1v) is 0. The molecule has 0 fully saturated rings. The highest BCUT2D eigenvalue weighted by molar-refractivity contribution is 5.85. The van der Waals surface area contributed by atoms with Crippen LogP contribution in [0, 0.1) is 0 Å². The maximum Gasteiger partial charge on any atom is 0.316 e. The molecule has 0 saturated carbocycles. The molecule has 12 N–H and O–H groups in total. The Labute approximate surface area is 90.9 Å². The van der Waals surface area contributed by atoms with E-state index in [2.05, 4.69) is 0 Å². The van der Waals surface area contributed by atoms with E-state index in [1.54, 1.807) is 0 Å². The maximum absolute atomic E-state index is 0. The van der Waals surface area contributed by atoms with E-state index in [1.165, 1.54) is 0 Å². The Kier molecular flexibility index (Phi) is 12200. The van der Waals surface area contributed by atoms with Crippen LogP contribution in [0.2, 0.25) is 0 Å². The average molecular weight is 197 g/mol. The van der Waals surface area contributed by atoms with E-state index in [4.69, 9.17) is 0 Å². The quantitative estimate of drug-likeness (QED) is 0.334. The van der Waals surface area contributed by atoms with Crippen LogP contribution in [-0.2, 0) is 0 Å². The summed E-state index contributed by atoms with van der Waals surface area (Å²) in [5.74, 6) is 0. The Morgan fingerprint density at radius 3 is 0.333 bits per heavy atom. The van der Waals surface area contributed by atoms with Crippen molar-refractivity contribution in [1.29, 1.82) is 0 Å². The van der Waals surface area contributed by atoms with Crippen molar-refractivity contribution in [3.05, 3.63) is 0 Å². The first kappa shape index (κ1) is 388. The molecule has 0 unspecified atom stereocenters. The van der Waals surface area contributed by atoms with Gasteiger partial charge in [0.2, 0.25) is 0 Å². The van der Waals surface area contributed by atoms with Gasteiger partial charge in [-0.15, -0.1) is 12.4 Å². The molecule has 0 aromatic heterocycles. The number of halogens is 1. The molecular formula is H17ClMg2O6. The third-order valence-electron chi connectivity index (χ3n) is 0. The van der Waals surface area contributed by atoms with Gasteiger partial charge in [-0.2, -0.15) is 0 Å². The molecule has 9 heavy (non-hydrogen) atoms. The van der Waals surface area contributed by atoms with Crippen LogP contribution in [0.15, 0.2) is 0 Å². The minimum Gasteiger partial charge on any atom is -0.412 e. The van der Waals surface area contributed by atoms with Gasteiger partial charge in [-0.1, -0.05) is 0 Å². The molecular weight excluding hydrogens is 180 g/mol. The van der Waals surface area contributed by atoms with Crippen molar-refractivity contribution in [2.75, 3.05) is 0 Å². The number of hydrogen-bond acceptors (Lipinski definition) is 0. The third-order valence-corrected chi connectivity index (χ3v) is 0. The molecule has 0 aromatic carbocycles. The fraction of sp³-hybridized carbons (Fsp3) is 0. The lowest BCUT2D eigenvalue weighted by Gasteiger charge is -0.413. The van der Waals surface area contributed by atoms with E-state index >= 15 is 0 Å². The van der Waals surface area contributed by atoms with Gasteiger partial charge in [0.05, 0.1) is 0 Å². The Hall–Kier alpha value is 1.58. The van der Waals surface area contributed by atoms with E-state index in [0.717, 1.165) is 0 Å². The van der Waals surface area contributed by atoms with Crippen molar-refractivity contribution >= 4 is 58.5 Å². The van der Waals surface area contributed by atoms with Crippen molar-refractivity contribution in [2.24, 2.45) is 0 Å². The van der Waals surface area contributed by atoms with Crippen molar-refractivity contribution in [3.63, 3.8) is 0 Å². The van der Waals surface area contributed by atoms with Gasteiger partial charge in [-0.3, -0.25) is 0 Å². The Morgan fingerprint density at radius 2 is 0.333 bits per heavy atom. The fourth-order valence-corrected chi connectivity index (χ4v) is 0. The summed E-state index contributed by atoms with van der Waals surface area (Å²) < 4.78 is 0. The number of hydrogen-bond donors (Lipinski definition) is 0. The normalized spacial score (nSPS) is 0. The van der Waals surface area contributed by atoms with Crippen LogP contribution in [0.5, 0.6) is 0 Å². The summed E-state index contributed by atoms with van der Waals surface area (Å²) in [6.45, 7) is 0. The molecule has 0 aliphatic carbocycles. The van der Waals surface area contributed by atoms with Gasteiger partial charge in [-0.05, 0) is 0 Å². The van der Waals surface area contributed by atoms with E-state index in [-0.39, 0.29) is 91.4 Å². The smallest absolute Gasteiger partial charge is 0.316 e. The molecule has 6 nitrogen and oxygen atoms in total.